The minimum atomic E-state index is -1.09. The summed E-state index contributed by atoms with van der Waals surface area (Å²) in [5, 5.41) is 3.87. The Morgan fingerprint density at radius 3 is 2.82 bits per heavy atom. The van der Waals surface area contributed by atoms with E-state index < -0.39 is 11.2 Å². The highest BCUT2D eigenvalue weighted by molar-refractivity contribution is 7.94. The molecular weight excluding hydrogens is 410 g/mol. The quantitative estimate of drug-likeness (QED) is 0.484. The number of hydrogen-bond donors (Lipinski definition) is 1. The van der Waals surface area contributed by atoms with Crippen molar-refractivity contribution in [3.63, 3.8) is 0 Å². The molecule has 0 radical (unpaired) electrons. The molecule has 0 amide bonds. The fourth-order valence-corrected chi connectivity index (χ4v) is 7.59. The molecule has 4 aromatic rings. The topological polar surface area (TPSA) is 92.7 Å². The van der Waals surface area contributed by atoms with Crippen molar-refractivity contribution in [1.29, 1.82) is 0 Å². The van der Waals surface area contributed by atoms with Gasteiger partial charge in [0.25, 0.3) is 0 Å². The second-order valence-corrected chi connectivity index (χ2v) is 10.8. The SMILES string of the molecule is Cn1cncc1-c1cc(-c2nccs2)nc2sc([S+]([O-])C3CCCC3)c(N)c12. The van der Waals surface area contributed by atoms with Crippen LogP contribution in [0.25, 0.3) is 32.2 Å². The first kappa shape index (κ1) is 18.1. The average molecular weight is 430 g/mol. The first-order valence-electron chi connectivity index (χ1n) is 9.13. The lowest BCUT2D eigenvalue weighted by Crippen LogP contribution is -2.17. The highest BCUT2D eigenvalue weighted by atomic mass is 32.2. The van der Waals surface area contributed by atoms with E-state index in [1.807, 2.05) is 29.3 Å². The molecule has 0 spiro atoms. The first-order valence-corrected chi connectivity index (χ1v) is 12.0. The van der Waals surface area contributed by atoms with Crippen LogP contribution in [0.15, 0.2) is 34.4 Å². The van der Waals surface area contributed by atoms with E-state index in [2.05, 4.69) is 9.97 Å². The zero-order valence-corrected chi connectivity index (χ0v) is 17.7. The Bertz CT molecular complexity index is 1130. The molecule has 1 aliphatic carbocycles. The molecule has 0 aliphatic heterocycles. The molecule has 0 bridgehead atoms. The molecule has 1 atom stereocenters. The number of aromatic nitrogens is 4. The molecule has 1 saturated carbocycles. The second-order valence-electron chi connectivity index (χ2n) is 6.97. The molecule has 4 aromatic heterocycles. The summed E-state index contributed by atoms with van der Waals surface area (Å²) in [5.74, 6) is 0. The molecule has 2 N–H and O–H groups in total. The maximum Gasteiger partial charge on any atom is 0.232 e. The number of nitrogen functional groups attached to an aromatic ring is 1. The van der Waals surface area contributed by atoms with Crippen LogP contribution in [-0.2, 0) is 18.2 Å². The van der Waals surface area contributed by atoms with Gasteiger partial charge in [0.1, 0.15) is 26.5 Å². The third kappa shape index (κ3) is 2.93. The van der Waals surface area contributed by atoms with Gasteiger partial charge in [-0.1, -0.05) is 11.3 Å². The van der Waals surface area contributed by atoms with Crippen molar-refractivity contribution in [2.75, 3.05) is 5.73 Å². The maximum atomic E-state index is 13.2. The summed E-state index contributed by atoms with van der Waals surface area (Å²) < 4.78 is 15.9. The van der Waals surface area contributed by atoms with E-state index in [4.69, 9.17) is 10.7 Å². The minimum absolute atomic E-state index is 0.203. The number of fused-ring (bicyclic) bond motifs is 1. The van der Waals surface area contributed by atoms with Crippen LogP contribution in [0.3, 0.4) is 0 Å². The van der Waals surface area contributed by atoms with Gasteiger partial charge in [0, 0.05) is 40.8 Å². The monoisotopic (exact) mass is 429 g/mol. The molecule has 4 heterocycles. The lowest BCUT2D eigenvalue weighted by molar-refractivity contribution is 0.581. The van der Waals surface area contributed by atoms with Gasteiger partial charge >= 0.3 is 0 Å². The molecule has 28 heavy (non-hydrogen) atoms. The molecule has 9 heteroatoms. The Labute approximate surface area is 173 Å². The van der Waals surface area contributed by atoms with Crippen LogP contribution in [0.5, 0.6) is 0 Å². The van der Waals surface area contributed by atoms with Crippen LogP contribution in [0.2, 0.25) is 0 Å². The van der Waals surface area contributed by atoms with Crippen molar-refractivity contribution in [1.82, 2.24) is 19.5 Å². The number of aryl methyl sites for hydroxylation is 1. The minimum Gasteiger partial charge on any atom is -0.611 e. The van der Waals surface area contributed by atoms with E-state index in [9.17, 15) is 4.55 Å². The largest absolute Gasteiger partial charge is 0.611 e. The predicted molar refractivity (Wildman–Crippen MR) is 116 cm³/mol. The summed E-state index contributed by atoms with van der Waals surface area (Å²) in [5.41, 5.74) is 9.88. The highest BCUT2D eigenvalue weighted by Crippen LogP contribution is 2.45. The third-order valence-electron chi connectivity index (χ3n) is 5.20. The van der Waals surface area contributed by atoms with Crippen LogP contribution in [0.1, 0.15) is 25.7 Å². The van der Waals surface area contributed by atoms with Crippen molar-refractivity contribution in [2.45, 2.75) is 35.1 Å². The summed E-state index contributed by atoms with van der Waals surface area (Å²) in [7, 11) is 1.96. The number of pyridine rings is 1. The van der Waals surface area contributed by atoms with Gasteiger partial charge in [0.05, 0.1) is 18.2 Å². The average Bonchev–Trinajstić information content (AvgIpc) is 3.48. The van der Waals surface area contributed by atoms with Crippen molar-refractivity contribution in [3.05, 3.63) is 30.2 Å². The Hall–Kier alpha value is -1.94. The normalized spacial score (nSPS) is 16.2. The fraction of sp³-hybridized carbons (Fsp3) is 0.316. The van der Waals surface area contributed by atoms with Gasteiger partial charge in [-0.2, -0.15) is 0 Å². The molecule has 6 nitrogen and oxygen atoms in total. The number of imidazole rings is 1. The summed E-state index contributed by atoms with van der Waals surface area (Å²) in [6.07, 6.45) is 9.68. The first-order chi connectivity index (χ1) is 13.6. The van der Waals surface area contributed by atoms with Gasteiger partial charge in [-0.05, 0) is 31.7 Å². The Kier molecular flexibility index (Phi) is 4.62. The van der Waals surface area contributed by atoms with Crippen LogP contribution in [-0.4, -0.2) is 29.3 Å². The Morgan fingerprint density at radius 1 is 1.32 bits per heavy atom. The number of anilines is 1. The predicted octanol–water partition coefficient (Wildman–Crippen LogP) is 4.45. The highest BCUT2D eigenvalue weighted by Gasteiger charge is 2.33. The summed E-state index contributed by atoms with van der Waals surface area (Å²) >= 11 is 1.92. The van der Waals surface area contributed by atoms with Gasteiger partial charge in [-0.25, -0.2) is 15.0 Å². The zero-order valence-electron chi connectivity index (χ0n) is 15.3. The summed E-state index contributed by atoms with van der Waals surface area (Å²) in [6.45, 7) is 0. The number of rotatable bonds is 4. The second kappa shape index (κ2) is 7.14. The van der Waals surface area contributed by atoms with Gasteiger partial charge < -0.3 is 14.9 Å². The van der Waals surface area contributed by atoms with Gasteiger partial charge in [-0.15, -0.1) is 11.3 Å². The van der Waals surface area contributed by atoms with E-state index in [0.29, 0.717) is 5.69 Å². The van der Waals surface area contributed by atoms with Gasteiger partial charge in [0.2, 0.25) is 4.21 Å². The van der Waals surface area contributed by atoms with E-state index in [1.165, 1.54) is 11.3 Å². The maximum absolute atomic E-state index is 13.2. The van der Waals surface area contributed by atoms with Crippen LogP contribution < -0.4 is 5.73 Å². The number of hydrogen-bond acceptors (Lipinski definition) is 7. The smallest absolute Gasteiger partial charge is 0.232 e. The van der Waals surface area contributed by atoms with E-state index in [-0.39, 0.29) is 5.25 Å². The van der Waals surface area contributed by atoms with Crippen molar-refractivity contribution in [2.24, 2.45) is 7.05 Å². The van der Waals surface area contributed by atoms with Crippen molar-refractivity contribution in [3.8, 4) is 22.0 Å². The van der Waals surface area contributed by atoms with Crippen molar-refractivity contribution < 1.29 is 4.55 Å². The van der Waals surface area contributed by atoms with Gasteiger partial charge in [-0.3, -0.25) is 0 Å². The van der Waals surface area contributed by atoms with Gasteiger partial charge in [0.15, 0.2) is 0 Å². The Balaban J connectivity index is 1.74. The number of thiophene rings is 1. The molecule has 1 fully saturated rings. The molecule has 5 rings (SSSR count). The van der Waals surface area contributed by atoms with E-state index in [1.54, 1.807) is 23.9 Å². The van der Waals surface area contributed by atoms with E-state index in [0.717, 1.165) is 62.1 Å². The van der Waals surface area contributed by atoms with E-state index >= 15 is 0 Å². The van der Waals surface area contributed by atoms with Crippen LogP contribution in [0, 0.1) is 0 Å². The molecule has 1 unspecified atom stereocenters. The van der Waals surface area contributed by atoms with Crippen LogP contribution in [0.4, 0.5) is 5.69 Å². The standard InChI is InChI=1S/C19H19N5OS3/c1-24-10-21-9-14(24)12-8-13(17-22-6-7-26-17)23-18-15(12)16(20)19(27-18)28(25)11-4-2-3-5-11/h6-11H,2-5,20H2,1H3. The molecular formula is C19H19N5OS3. The lowest BCUT2D eigenvalue weighted by atomic mass is 10.1. The fourth-order valence-electron chi connectivity index (χ4n) is 3.78. The van der Waals surface area contributed by atoms with Crippen molar-refractivity contribution >= 4 is 49.8 Å². The molecule has 1 aliphatic rings. The molecule has 0 aromatic carbocycles. The molecule has 144 valence electrons. The Morgan fingerprint density at radius 2 is 2.14 bits per heavy atom. The number of thiazole rings is 1. The van der Waals surface area contributed by atoms with Crippen LogP contribution >= 0.6 is 22.7 Å². The summed E-state index contributed by atoms with van der Waals surface area (Å²) in [6, 6.07) is 2.02. The summed E-state index contributed by atoms with van der Waals surface area (Å²) in [4.78, 5) is 14.3. The molecule has 0 saturated heterocycles. The number of nitrogens with two attached hydrogens (primary N) is 1. The lowest BCUT2D eigenvalue weighted by Gasteiger charge is -2.15. The zero-order chi connectivity index (χ0) is 19.3. The number of nitrogens with zero attached hydrogens (tertiary/aromatic N) is 4. The third-order valence-corrected chi connectivity index (χ3v) is 9.29.